The van der Waals surface area contributed by atoms with E-state index in [1.54, 1.807) is 0 Å². The Bertz CT molecular complexity index is 937. The van der Waals surface area contributed by atoms with E-state index in [0.717, 1.165) is 27.7 Å². The highest BCUT2D eigenvalue weighted by Gasteiger charge is 2.04. The van der Waals surface area contributed by atoms with E-state index in [-0.39, 0.29) is 0 Å². The molecule has 0 aliphatic heterocycles. The molecular weight excluding hydrogens is 258 g/mol. The van der Waals surface area contributed by atoms with E-state index in [9.17, 15) is 0 Å². The van der Waals surface area contributed by atoms with Crippen LogP contribution in [0, 0.1) is 0 Å². The molecule has 0 saturated carbocycles. The third-order valence-corrected chi connectivity index (χ3v) is 3.82. The lowest BCUT2D eigenvalue weighted by molar-refractivity contribution is 1.02. The van der Waals surface area contributed by atoms with Gasteiger partial charge in [0.05, 0.1) is 5.52 Å². The van der Waals surface area contributed by atoms with Gasteiger partial charge in [0, 0.05) is 40.3 Å². The van der Waals surface area contributed by atoms with Crippen LogP contribution in [0.1, 0.15) is 5.69 Å². The minimum Gasteiger partial charge on any atom is -0.357 e. The smallest absolute Gasteiger partial charge is 0.0702 e. The van der Waals surface area contributed by atoms with Crippen molar-refractivity contribution in [2.75, 3.05) is 0 Å². The van der Waals surface area contributed by atoms with E-state index < -0.39 is 0 Å². The number of nitrogens with one attached hydrogen (secondary N) is 1. The number of nitrogens with zero attached hydrogens (tertiary/aromatic N) is 1. The molecule has 0 unspecified atom stereocenters. The molecule has 21 heavy (non-hydrogen) atoms. The van der Waals surface area contributed by atoms with E-state index in [0.29, 0.717) is 6.54 Å². The zero-order chi connectivity index (χ0) is 14.2. The number of hydrogen-bond donors (Lipinski definition) is 2. The second-order valence-electron chi connectivity index (χ2n) is 5.22. The van der Waals surface area contributed by atoms with Gasteiger partial charge in [-0.1, -0.05) is 24.3 Å². The van der Waals surface area contributed by atoms with Crippen LogP contribution < -0.4 is 5.73 Å². The fourth-order valence-corrected chi connectivity index (χ4v) is 2.71. The van der Waals surface area contributed by atoms with Crippen molar-refractivity contribution in [1.29, 1.82) is 0 Å². The standard InChI is InChI=1S/C18H15N3/c19-10-16-9-14-7-12(5-6-18(14)21-16)15-8-13-3-1-2-4-17(13)20-11-15/h1-9,11,21H,10,19H2. The SMILES string of the molecule is NCc1cc2cc(-c3cnc4ccccc4c3)ccc2[nH]1. The monoisotopic (exact) mass is 273 g/mol. The van der Waals surface area contributed by atoms with E-state index in [1.165, 1.54) is 10.9 Å². The van der Waals surface area contributed by atoms with Gasteiger partial charge in [-0.2, -0.15) is 0 Å². The highest BCUT2D eigenvalue weighted by Crippen LogP contribution is 2.26. The number of hydrogen-bond acceptors (Lipinski definition) is 2. The molecule has 0 atom stereocenters. The van der Waals surface area contributed by atoms with E-state index >= 15 is 0 Å². The summed E-state index contributed by atoms with van der Waals surface area (Å²) in [6, 6.07) is 18.8. The highest BCUT2D eigenvalue weighted by molar-refractivity contribution is 5.88. The van der Waals surface area contributed by atoms with Crippen LogP contribution >= 0.6 is 0 Å². The predicted molar refractivity (Wildman–Crippen MR) is 86.9 cm³/mol. The molecule has 0 aliphatic rings. The number of rotatable bonds is 2. The first-order chi connectivity index (χ1) is 10.3. The van der Waals surface area contributed by atoms with Gasteiger partial charge in [-0.25, -0.2) is 0 Å². The highest BCUT2D eigenvalue weighted by atomic mass is 14.7. The van der Waals surface area contributed by atoms with Crippen molar-refractivity contribution in [3.63, 3.8) is 0 Å². The summed E-state index contributed by atoms with van der Waals surface area (Å²) in [4.78, 5) is 7.84. The van der Waals surface area contributed by atoms with E-state index in [1.807, 2.05) is 24.4 Å². The molecule has 0 bridgehead atoms. The lowest BCUT2D eigenvalue weighted by atomic mass is 10.0. The summed E-state index contributed by atoms with van der Waals surface area (Å²) in [5.41, 5.74) is 11.2. The van der Waals surface area contributed by atoms with Crippen molar-refractivity contribution >= 4 is 21.8 Å². The van der Waals surface area contributed by atoms with Crippen LogP contribution in [-0.4, -0.2) is 9.97 Å². The number of benzene rings is 2. The molecule has 0 spiro atoms. The maximum absolute atomic E-state index is 5.68. The van der Waals surface area contributed by atoms with Gasteiger partial charge in [-0.3, -0.25) is 4.98 Å². The summed E-state index contributed by atoms with van der Waals surface area (Å²) < 4.78 is 0. The Kier molecular flexibility index (Phi) is 2.72. The second-order valence-corrected chi connectivity index (χ2v) is 5.22. The molecule has 0 amide bonds. The van der Waals surface area contributed by atoms with Crippen LogP contribution in [0.25, 0.3) is 32.9 Å². The molecule has 0 aliphatic carbocycles. The number of aromatic amines is 1. The van der Waals surface area contributed by atoms with Crippen LogP contribution in [-0.2, 0) is 6.54 Å². The van der Waals surface area contributed by atoms with Crippen LogP contribution in [0.15, 0.2) is 60.8 Å². The van der Waals surface area contributed by atoms with E-state index in [4.69, 9.17) is 5.73 Å². The molecule has 4 rings (SSSR count). The first kappa shape index (κ1) is 12.1. The topological polar surface area (TPSA) is 54.7 Å². The summed E-state index contributed by atoms with van der Waals surface area (Å²) >= 11 is 0. The minimum atomic E-state index is 0.529. The molecule has 2 heterocycles. The molecule has 3 nitrogen and oxygen atoms in total. The zero-order valence-corrected chi connectivity index (χ0v) is 11.5. The van der Waals surface area contributed by atoms with Gasteiger partial charge in [0.15, 0.2) is 0 Å². The van der Waals surface area contributed by atoms with Crippen molar-refractivity contribution in [2.24, 2.45) is 5.73 Å². The second kappa shape index (κ2) is 4.72. The fourth-order valence-electron chi connectivity index (χ4n) is 2.71. The number of pyridine rings is 1. The third-order valence-electron chi connectivity index (χ3n) is 3.82. The summed E-state index contributed by atoms with van der Waals surface area (Å²) in [5, 5.41) is 2.34. The van der Waals surface area contributed by atoms with Crippen molar-refractivity contribution < 1.29 is 0 Å². The lowest BCUT2D eigenvalue weighted by Crippen LogP contribution is -1.94. The average Bonchev–Trinajstić information content (AvgIpc) is 2.96. The zero-order valence-electron chi connectivity index (χ0n) is 11.5. The molecule has 3 heteroatoms. The van der Waals surface area contributed by atoms with Crippen molar-refractivity contribution in [2.45, 2.75) is 6.54 Å². The quantitative estimate of drug-likeness (QED) is 0.583. The maximum atomic E-state index is 5.68. The first-order valence-corrected chi connectivity index (χ1v) is 7.00. The summed E-state index contributed by atoms with van der Waals surface area (Å²) in [5.74, 6) is 0. The molecule has 0 radical (unpaired) electrons. The fraction of sp³-hybridized carbons (Fsp3) is 0.0556. The Morgan fingerprint density at radius 1 is 0.905 bits per heavy atom. The Hall–Kier alpha value is -2.65. The summed E-state index contributed by atoms with van der Waals surface area (Å²) in [6.45, 7) is 0.529. The van der Waals surface area contributed by atoms with Gasteiger partial charge in [-0.15, -0.1) is 0 Å². The molecule has 0 saturated heterocycles. The summed E-state index contributed by atoms with van der Waals surface area (Å²) in [7, 11) is 0. The van der Waals surface area contributed by atoms with Gasteiger partial charge in [0.1, 0.15) is 0 Å². The van der Waals surface area contributed by atoms with Crippen molar-refractivity contribution in [3.05, 3.63) is 66.5 Å². The largest absolute Gasteiger partial charge is 0.357 e. The number of H-pyrrole nitrogens is 1. The van der Waals surface area contributed by atoms with Gasteiger partial charge in [0.2, 0.25) is 0 Å². The number of fused-ring (bicyclic) bond motifs is 2. The van der Waals surface area contributed by atoms with E-state index in [2.05, 4.69) is 46.4 Å². The Balaban J connectivity index is 1.86. The third kappa shape index (κ3) is 2.08. The Labute approximate surface area is 122 Å². The molecular formula is C18H15N3. The molecule has 2 aromatic heterocycles. The molecule has 2 aromatic carbocycles. The van der Waals surface area contributed by atoms with Gasteiger partial charge in [0.25, 0.3) is 0 Å². The number of nitrogens with two attached hydrogens (primary N) is 1. The van der Waals surface area contributed by atoms with Crippen molar-refractivity contribution in [1.82, 2.24) is 9.97 Å². The Morgan fingerprint density at radius 3 is 2.67 bits per heavy atom. The predicted octanol–water partition coefficient (Wildman–Crippen LogP) is 3.84. The number of aromatic nitrogens is 2. The van der Waals surface area contributed by atoms with Gasteiger partial charge < -0.3 is 10.7 Å². The molecule has 0 fully saturated rings. The normalized spacial score (nSPS) is 11.3. The number of para-hydroxylation sites is 1. The lowest BCUT2D eigenvalue weighted by Gasteiger charge is -2.04. The minimum absolute atomic E-state index is 0.529. The van der Waals surface area contributed by atoms with Gasteiger partial charge >= 0.3 is 0 Å². The molecule has 4 aromatic rings. The molecule has 3 N–H and O–H groups in total. The summed E-state index contributed by atoms with van der Waals surface area (Å²) in [6.07, 6.45) is 1.93. The van der Waals surface area contributed by atoms with Crippen LogP contribution in [0.4, 0.5) is 0 Å². The molecule has 102 valence electrons. The van der Waals surface area contributed by atoms with Crippen LogP contribution in [0.5, 0.6) is 0 Å². The average molecular weight is 273 g/mol. The van der Waals surface area contributed by atoms with Gasteiger partial charge in [-0.05, 0) is 35.9 Å². The van der Waals surface area contributed by atoms with Crippen LogP contribution in [0.2, 0.25) is 0 Å². The van der Waals surface area contributed by atoms with Crippen LogP contribution in [0.3, 0.4) is 0 Å². The maximum Gasteiger partial charge on any atom is 0.0702 e. The first-order valence-electron chi connectivity index (χ1n) is 7.00. The van der Waals surface area contributed by atoms with Crippen molar-refractivity contribution in [3.8, 4) is 11.1 Å². The Morgan fingerprint density at radius 2 is 1.76 bits per heavy atom.